The van der Waals surface area contributed by atoms with Crippen molar-refractivity contribution in [1.82, 2.24) is 14.2 Å². The third kappa shape index (κ3) is 1.22. The van der Waals surface area contributed by atoms with Crippen molar-refractivity contribution < 1.29 is 4.42 Å². The molecule has 0 aliphatic rings. The van der Waals surface area contributed by atoms with E-state index in [4.69, 9.17) is 10.8 Å². The molecule has 4 heteroatoms. The van der Waals surface area contributed by atoms with Gasteiger partial charge in [0.1, 0.15) is 11.3 Å². The lowest BCUT2D eigenvalue weighted by molar-refractivity contribution is 0.579. The van der Waals surface area contributed by atoms with Gasteiger partial charge in [-0.25, -0.2) is 4.52 Å². The van der Waals surface area contributed by atoms with E-state index in [0.29, 0.717) is 6.54 Å². The summed E-state index contributed by atoms with van der Waals surface area (Å²) in [4.78, 5) is 0. The van der Waals surface area contributed by atoms with Gasteiger partial charge < -0.3 is 8.98 Å². The Morgan fingerprint density at radius 3 is 3.12 bits per heavy atom. The standard InChI is InChI=1S/C12H9N3O/c1-2-5-14-6-7-15-12(14)9-10(13-15)11-4-3-8-16-11/h1,3-4,6-9H,5H2. The summed E-state index contributed by atoms with van der Waals surface area (Å²) in [5.41, 5.74) is 1.77. The van der Waals surface area contributed by atoms with E-state index in [1.54, 1.807) is 10.8 Å². The summed E-state index contributed by atoms with van der Waals surface area (Å²) in [5.74, 6) is 3.36. The molecule has 0 fully saturated rings. The highest BCUT2D eigenvalue weighted by Crippen LogP contribution is 2.20. The molecule has 0 saturated heterocycles. The summed E-state index contributed by atoms with van der Waals surface area (Å²) in [7, 11) is 0. The maximum Gasteiger partial charge on any atom is 0.154 e. The third-order valence-corrected chi connectivity index (χ3v) is 2.43. The second-order valence-electron chi connectivity index (χ2n) is 3.44. The Labute approximate surface area is 92.1 Å². The molecule has 3 aromatic heterocycles. The summed E-state index contributed by atoms with van der Waals surface area (Å²) >= 11 is 0. The van der Waals surface area contributed by atoms with Crippen LogP contribution in [-0.4, -0.2) is 14.2 Å². The Bertz CT molecular complexity index is 652. The van der Waals surface area contributed by atoms with Gasteiger partial charge in [-0.05, 0) is 12.1 Å². The van der Waals surface area contributed by atoms with E-state index in [-0.39, 0.29) is 0 Å². The molecule has 0 unspecified atom stereocenters. The lowest BCUT2D eigenvalue weighted by Crippen LogP contribution is -1.92. The molecule has 0 amide bonds. The van der Waals surface area contributed by atoms with Crippen LogP contribution in [0.15, 0.2) is 41.3 Å². The first-order chi connectivity index (χ1) is 7.88. The quantitative estimate of drug-likeness (QED) is 0.608. The normalized spacial score (nSPS) is 10.7. The number of nitrogens with zero attached hydrogens (tertiary/aromatic N) is 3. The first-order valence-electron chi connectivity index (χ1n) is 4.90. The molecule has 0 aromatic carbocycles. The lowest BCUT2D eigenvalue weighted by atomic mass is 10.3. The number of hydrogen-bond acceptors (Lipinski definition) is 2. The van der Waals surface area contributed by atoms with Crippen molar-refractivity contribution >= 4 is 5.65 Å². The molecule has 78 valence electrons. The number of fused-ring (bicyclic) bond motifs is 1. The zero-order valence-corrected chi connectivity index (χ0v) is 8.50. The van der Waals surface area contributed by atoms with Crippen molar-refractivity contribution in [3.63, 3.8) is 0 Å². The van der Waals surface area contributed by atoms with E-state index < -0.39 is 0 Å². The summed E-state index contributed by atoms with van der Waals surface area (Å²) in [6.07, 6.45) is 10.7. The third-order valence-electron chi connectivity index (χ3n) is 2.43. The van der Waals surface area contributed by atoms with Crippen molar-refractivity contribution in [2.24, 2.45) is 0 Å². The topological polar surface area (TPSA) is 35.4 Å². The predicted molar refractivity (Wildman–Crippen MR) is 59.7 cm³/mol. The molecule has 0 bridgehead atoms. The van der Waals surface area contributed by atoms with E-state index in [0.717, 1.165) is 17.1 Å². The molecule has 3 rings (SSSR count). The van der Waals surface area contributed by atoms with E-state index in [1.165, 1.54) is 0 Å². The monoisotopic (exact) mass is 211 g/mol. The van der Waals surface area contributed by atoms with Gasteiger partial charge >= 0.3 is 0 Å². The van der Waals surface area contributed by atoms with Crippen molar-refractivity contribution in [3.05, 3.63) is 36.9 Å². The fraction of sp³-hybridized carbons (Fsp3) is 0.0833. The van der Waals surface area contributed by atoms with Crippen LogP contribution >= 0.6 is 0 Å². The van der Waals surface area contributed by atoms with Gasteiger partial charge in [0.05, 0.1) is 12.8 Å². The van der Waals surface area contributed by atoms with Gasteiger partial charge in [0.25, 0.3) is 0 Å². The maximum atomic E-state index is 5.29. The highest BCUT2D eigenvalue weighted by Gasteiger charge is 2.09. The van der Waals surface area contributed by atoms with Crippen LogP contribution in [0.4, 0.5) is 0 Å². The van der Waals surface area contributed by atoms with Crippen LogP contribution in [0, 0.1) is 12.3 Å². The SMILES string of the molecule is C#CCn1ccn2nc(-c3ccco3)cc12. The number of rotatable bonds is 2. The molecular weight excluding hydrogens is 202 g/mol. The van der Waals surface area contributed by atoms with Crippen LogP contribution in [0.1, 0.15) is 0 Å². The van der Waals surface area contributed by atoms with Crippen LogP contribution < -0.4 is 0 Å². The second kappa shape index (κ2) is 3.31. The van der Waals surface area contributed by atoms with Gasteiger partial charge in [0, 0.05) is 18.5 Å². The van der Waals surface area contributed by atoms with E-state index in [2.05, 4.69) is 11.0 Å². The predicted octanol–water partition coefficient (Wildman–Crippen LogP) is 2.03. The van der Waals surface area contributed by atoms with Crippen molar-refractivity contribution in [2.45, 2.75) is 6.54 Å². The van der Waals surface area contributed by atoms with Gasteiger partial charge in [0.2, 0.25) is 0 Å². The lowest BCUT2D eigenvalue weighted by Gasteiger charge is -1.93. The summed E-state index contributed by atoms with van der Waals surface area (Å²) in [5, 5.41) is 4.39. The van der Waals surface area contributed by atoms with Crippen LogP contribution in [0.5, 0.6) is 0 Å². The molecular formula is C12H9N3O. The maximum absolute atomic E-state index is 5.29. The Hall–Kier alpha value is -2.41. The van der Waals surface area contributed by atoms with Gasteiger partial charge in [0.15, 0.2) is 5.76 Å². The first kappa shape index (κ1) is 8.86. The van der Waals surface area contributed by atoms with Crippen molar-refractivity contribution in [1.29, 1.82) is 0 Å². The average molecular weight is 211 g/mol. The molecule has 0 atom stereocenters. The Balaban J connectivity index is 2.14. The molecule has 4 nitrogen and oxygen atoms in total. The van der Waals surface area contributed by atoms with E-state index in [9.17, 15) is 0 Å². The molecule has 0 spiro atoms. The fourth-order valence-electron chi connectivity index (χ4n) is 1.71. The Kier molecular flexibility index (Phi) is 1.84. The molecule has 0 aliphatic heterocycles. The first-order valence-corrected chi connectivity index (χ1v) is 4.90. The average Bonchev–Trinajstić information content (AvgIpc) is 2.93. The molecule has 3 aromatic rings. The number of terminal acetylenes is 1. The minimum Gasteiger partial charge on any atom is -0.463 e. The zero-order chi connectivity index (χ0) is 11.0. The zero-order valence-electron chi connectivity index (χ0n) is 8.50. The number of aromatic nitrogens is 3. The highest BCUT2D eigenvalue weighted by atomic mass is 16.3. The molecule has 16 heavy (non-hydrogen) atoms. The highest BCUT2D eigenvalue weighted by molar-refractivity contribution is 5.59. The fourth-order valence-corrected chi connectivity index (χ4v) is 1.71. The van der Waals surface area contributed by atoms with Crippen molar-refractivity contribution in [3.8, 4) is 23.8 Å². The van der Waals surface area contributed by atoms with Crippen LogP contribution in [0.2, 0.25) is 0 Å². The smallest absolute Gasteiger partial charge is 0.154 e. The minimum absolute atomic E-state index is 0.541. The molecule has 0 aliphatic carbocycles. The second-order valence-corrected chi connectivity index (χ2v) is 3.44. The van der Waals surface area contributed by atoms with Gasteiger partial charge in [-0.15, -0.1) is 6.42 Å². The summed E-state index contributed by atoms with van der Waals surface area (Å²) < 4.78 is 9.04. The van der Waals surface area contributed by atoms with Gasteiger partial charge in [-0.1, -0.05) is 5.92 Å². The number of imidazole rings is 1. The molecule has 0 saturated carbocycles. The number of hydrogen-bond donors (Lipinski definition) is 0. The summed E-state index contributed by atoms with van der Waals surface area (Å²) in [6.45, 7) is 0.541. The van der Waals surface area contributed by atoms with E-state index >= 15 is 0 Å². The van der Waals surface area contributed by atoms with E-state index in [1.807, 2.05) is 35.2 Å². The van der Waals surface area contributed by atoms with Crippen LogP contribution in [0.25, 0.3) is 17.1 Å². The molecule has 0 N–H and O–H groups in total. The largest absolute Gasteiger partial charge is 0.463 e. The van der Waals surface area contributed by atoms with Gasteiger partial charge in [-0.2, -0.15) is 5.10 Å². The van der Waals surface area contributed by atoms with Crippen LogP contribution in [-0.2, 0) is 6.54 Å². The summed E-state index contributed by atoms with van der Waals surface area (Å²) in [6, 6.07) is 5.68. The molecule has 3 heterocycles. The van der Waals surface area contributed by atoms with Crippen molar-refractivity contribution in [2.75, 3.05) is 0 Å². The Morgan fingerprint density at radius 1 is 1.44 bits per heavy atom. The number of furan rings is 1. The van der Waals surface area contributed by atoms with Crippen LogP contribution in [0.3, 0.4) is 0 Å². The van der Waals surface area contributed by atoms with Gasteiger partial charge in [-0.3, -0.25) is 0 Å². The molecule has 0 radical (unpaired) electrons. The minimum atomic E-state index is 0.541. The Morgan fingerprint density at radius 2 is 2.38 bits per heavy atom.